The number of aliphatic hydroxyl groups is 1. The molecular weight excluding hydrogens is 416 g/mol. The minimum atomic E-state index is 0.584. The van der Waals surface area contributed by atoms with Crippen LogP contribution in [0.15, 0.2) is 58.7 Å². The standard InChI is InChI=1S/C31H48N2O/c1-5-32(29-13-9-7-11-23(29)3)27-19-15-25(16-20-27)31(34)26-17-21-28(22-18-26)33(6-2)30-14-10-8-12-24(30)4/h7,11,14,17,19,23-24,28-29,34H,5-6,8-10,12-13,15-16,18,20-22H2,1-4H3/b31-25+. The Labute approximate surface area is 209 Å². The van der Waals surface area contributed by atoms with Crippen molar-refractivity contribution in [2.24, 2.45) is 11.8 Å². The predicted octanol–water partition coefficient (Wildman–Crippen LogP) is 8.05. The maximum Gasteiger partial charge on any atom is 0.117 e. The fourth-order valence-corrected chi connectivity index (χ4v) is 6.88. The third-order valence-electron chi connectivity index (χ3n) is 8.89. The Bertz CT molecular complexity index is 861. The van der Waals surface area contributed by atoms with Crippen LogP contribution < -0.4 is 0 Å². The van der Waals surface area contributed by atoms with Crippen molar-refractivity contribution < 1.29 is 5.11 Å². The number of allylic oxidation sites excluding steroid dienone is 7. The number of nitrogens with zero attached hydrogens (tertiary/aromatic N) is 2. The summed E-state index contributed by atoms with van der Waals surface area (Å²) >= 11 is 0. The molecule has 0 saturated carbocycles. The summed E-state index contributed by atoms with van der Waals surface area (Å²) < 4.78 is 0. The van der Waals surface area contributed by atoms with E-state index in [-0.39, 0.29) is 0 Å². The Morgan fingerprint density at radius 2 is 1.76 bits per heavy atom. The third-order valence-corrected chi connectivity index (χ3v) is 8.89. The highest BCUT2D eigenvalue weighted by atomic mass is 16.3. The monoisotopic (exact) mass is 464 g/mol. The molecule has 0 aliphatic heterocycles. The van der Waals surface area contributed by atoms with Crippen molar-refractivity contribution in [2.45, 2.75) is 110 Å². The quantitative estimate of drug-likeness (QED) is 0.305. The molecule has 0 aromatic carbocycles. The summed E-state index contributed by atoms with van der Waals surface area (Å²) in [5, 5.41) is 11.2. The zero-order valence-electron chi connectivity index (χ0n) is 22.2. The fourth-order valence-electron chi connectivity index (χ4n) is 6.88. The first kappa shape index (κ1) is 25.2. The number of hydrogen-bond acceptors (Lipinski definition) is 3. The summed E-state index contributed by atoms with van der Waals surface area (Å²) in [4.78, 5) is 5.31. The van der Waals surface area contributed by atoms with E-state index in [4.69, 9.17) is 0 Å². The van der Waals surface area contributed by atoms with Crippen LogP contribution in [0.5, 0.6) is 0 Å². The van der Waals surface area contributed by atoms with Crippen LogP contribution in [0.25, 0.3) is 0 Å². The van der Waals surface area contributed by atoms with E-state index in [0.29, 0.717) is 29.7 Å². The Balaban J connectivity index is 1.41. The summed E-state index contributed by atoms with van der Waals surface area (Å²) in [5.74, 6) is 1.92. The summed E-state index contributed by atoms with van der Waals surface area (Å²) in [5.41, 5.74) is 5.52. The van der Waals surface area contributed by atoms with Crippen molar-refractivity contribution in [3.05, 3.63) is 58.7 Å². The van der Waals surface area contributed by atoms with Gasteiger partial charge in [-0.2, -0.15) is 0 Å². The molecule has 4 aliphatic rings. The molecule has 188 valence electrons. The van der Waals surface area contributed by atoms with Crippen molar-refractivity contribution in [2.75, 3.05) is 13.1 Å². The van der Waals surface area contributed by atoms with Crippen molar-refractivity contribution >= 4 is 0 Å². The smallest absolute Gasteiger partial charge is 0.117 e. The molecule has 4 unspecified atom stereocenters. The molecule has 3 nitrogen and oxygen atoms in total. The first-order chi connectivity index (χ1) is 16.5. The second-order valence-corrected chi connectivity index (χ2v) is 11.0. The maximum atomic E-state index is 11.2. The Kier molecular flexibility index (Phi) is 8.66. The van der Waals surface area contributed by atoms with Gasteiger partial charge in [0.25, 0.3) is 0 Å². The van der Waals surface area contributed by atoms with Crippen LogP contribution in [0.4, 0.5) is 0 Å². The first-order valence-corrected chi connectivity index (χ1v) is 14.2. The second kappa shape index (κ2) is 11.7. The fraction of sp³-hybridized carbons (Fsp3) is 0.677. The molecule has 0 heterocycles. The van der Waals surface area contributed by atoms with Gasteiger partial charge in [-0.1, -0.05) is 44.2 Å². The second-order valence-electron chi connectivity index (χ2n) is 11.0. The molecule has 0 spiro atoms. The molecule has 0 amide bonds. The number of hydrogen-bond donors (Lipinski definition) is 1. The summed E-state index contributed by atoms with van der Waals surface area (Å²) in [6, 6.07) is 1.21. The molecule has 0 aromatic rings. The zero-order valence-corrected chi connectivity index (χ0v) is 22.2. The molecular formula is C31H48N2O. The largest absolute Gasteiger partial charge is 0.508 e. The van der Waals surface area contributed by atoms with Crippen molar-refractivity contribution in [1.82, 2.24) is 9.80 Å². The molecule has 0 saturated heterocycles. The normalized spacial score (nSPS) is 31.4. The van der Waals surface area contributed by atoms with E-state index in [9.17, 15) is 5.11 Å². The summed E-state index contributed by atoms with van der Waals surface area (Å²) in [6.45, 7) is 11.5. The van der Waals surface area contributed by atoms with E-state index in [1.165, 1.54) is 48.9 Å². The number of aliphatic hydroxyl groups excluding tert-OH is 1. The zero-order chi connectivity index (χ0) is 24.1. The molecule has 4 rings (SSSR count). The van der Waals surface area contributed by atoms with Crippen LogP contribution in [0.2, 0.25) is 0 Å². The molecule has 4 atom stereocenters. The first-order valence-electron chi connectivity index (χ1n) is 14.2. The average Bonchev–Trinajstić information content (AvgIpc) is 2.87. The lowest BCUT2D eigenvalue weighted by Gasteiger charge is -2.40. The van der Waals surface area contributed by atoms with Gasteiger partial charge >= 0.3 is 0 Å². The molecule has 4 aliphatic carbocycles. The molecule has 3 heteroatoms. The van der Waals surface area contributed by atoms with Gasteiger partial charge in [0, 0.05) is 36.6 Å². The Hall–Kier alpha value is -1.90. The van der Waals surface area contributed by atoms with E-state index < -0.39 is 0 Å². The van der Waals surface area contributed by atoms with E-state index in [2.05, 4.69) is 67.9 Å². The van der Waals surface area contributed by atoms with Crippen LogP contribution in [0, 0.1) is 11.8 Å². The highest BCUT2D eigenvalue weighted by Crippen LogP contribution is 2.37. The lowest BCUT2D eigenvalue weighted by atomic mass is 9.86. The van der Waals surface area contributed by atoms with Gasteiger partial charge in [-0.05, 0) is 107 Å². The van der Waals surface area contributed by atoms with Gasteiger partial charge in [0.05, 0.1) is 0 Å². The molecule has 0 radical (unpaired) electrons. The lowest BCUT2D eigenvalue weighted by Crippen LogP contribution is -2.40. The van der Waals surface area contributed by atoms with Gasteiger partial charge in [0.1, 0.15) is 5.76 Å². The highest BCUT2D eigenvalue weighted by Gasteiger charge is 2.29. The van der Waals surface area contributed by atoms with Crippen LogP contribution >= 0.6 is 0 Å². The molecule has 0 bridgehead atoms. The van der Waals surface area contributed by atoms with E-state index in [1.807, 2.05) is 0 Å². The van der Waals surface area contributed by atoms with E-state index in [0.717, 1.165) is 51.6 Å². The lowest BCUT2D eigenvalue weighted by molar-refractivity contribution is 0.197. The average molecular weight is 465 g/mol. The van der Waals surface area contributed by atoms with E-state index in [1.54, 1.807) is 5.70 Å². The minimum absolute atomic E-state index is 0.584. The molecule has 0 fully saturated rings. The van der Waals surface area contributed by atoms with E-state index >= 15 is 0 Å². The SMILES string of the molecule is CCN(C1=CCCCC1C)C1CC=C(/C(O)=C2/CC=C(N(CC)C3CCC=CC3C)CC2)CC1. The minimum Gasteiger partial charge on any atom is -0.508 e. The highest BCUT2D eigenvalue weighted by molar-refractivity contribution is 5.35. The predicted molar refractivity (Wildman–Crippen MR) is 144 cm³/mol. The summed E-state index contributed by atoms with van der Waals surface area (Å²) in [6.07, 6.45) is 24.5. The van der Waals surface area contributed by atoms with Gasteiger partial charge in [0.2, 0.25) is 0 Å². The Morgan fingerprint density at radius 3 is 2.38 bits per heavy atom. The molecule has 0 aromatic heterocycles. The van der Waals surface area contributed by atoms with Gasteiger partial charge in [-0.25, -0.2) is 0 Å². The van der Waals surface area contributed by atoms with Gasteiger partial charge in [0.15, 0.2) is 0 Å². The van der Waals surface area contributed by atoms with Crippen molar-refractivity contribution in [3.8, 4) is 0 Å². The summed E-state index contributed by atoms with van der Waals surface area (Å²) in [7, 11) is 0. The van der Waals surface area contributed by atoms with Crippen LogP contribution in [-0.2, 0) is 0 Å². The Morgan fingerprint density at radius 1 is 0.941 bits per heavy atom. The molecule has 1 N–H and O–H groups in total. The molecule has 34 heavy (non-hydrogen) atoms. The van der Waals surface area contributed by atoms with Crippen LogP contribution in [0.1, 0.15) is 98.3 Å². The van der Waals surface area contributed by atoms with Crippen molar-refractivity contribution in [3.63, 3.8) is 0 Å². The van der Waals surface area contributed by atoms with Gasteiger partial charge in [-0.3, -0.25) is 0 Å². The maximum absolute atomic E-state index is 11.2. The van der Waals surface area contributed by atoms with Crippen LogP contribution in [-0.4, -0.2) is 40.1 Å². The van der Waals surface area contributed by atoms with Crippen LogP contribution in [0.3, 0.4) is 0 Å². The van der Waals surface area contributed by atoms with Crippen molar-refractivity contribution in [1.29, 1.82) is 0 Å². The number of rotatable bonds is 7. The van der Waals surface area contributed by atoms with Gasteiger partial charge in [-0.15, -0.1) is 0 Å². The topological polar surface area (TPSA) is 26.7 Å². The van der Waals surface area contributed by atoms with Gasteiger partial charge < -0.3 is 14.9 Å². The third kappa shape index (κ3) is 5.50.